The Labute approximate surface area is 142 Å². The fourth-order valence-corrected chi connectivity index (χ4v) is 2.46. The molecule has 5 nitrogen and oxygen atoms in total. The molecule has 2 aromatic rings. The van der Waals surface area contributed by atoms with Gasteiger partial charge >= 0.3 is 0 Å². The van der Waals surface area contributed by atoms with Gasteiger partial charge in [-0.25, -0.2) is 0 Å². The van der Waals surface area contributed by atoms with Gasteiger partial charge in [-0.1, -0.05) is 11.6 Å². The van der Waals surface area contributed by atoms with E-state index in [0.717, 1.165) is 16.7 Å². The number of hydrogen-bond acceptors (Lipinski definition) is 3. The molecule has 118 valence electrons. The monoisotopic (exact) mass is 385 g/mol. The molecule has 22 heavy (non-hydrogen) atoms. The van der Waals surface area contributed by atoms with Crippen LogP contribution in [0.25, 0.3) is 0 Å². The van der Waals surface area contributed by atoms with E-state index < -0.39 is 0 Å². The van der Waals surface area contributed by atoms with E-state index in [2.05, 4.69) is 21.0 Å². The van der Waals surface area contributed by atoms with Gasteiger partial charge in [-0.15, -0.1) is 0 Å². The minimum Gasteiger partial charge on any atom is -0.484 e. The zero-order chi connectivity index (χ0) is 16.1. The second-order valence-electron chi connectivity index (χ2n) is 4.75. The van der Waals surface area contributed by atoms with Crippen molar-refractivity contribution in [1.29, 1.82) is 0 Å². The summed E-state index contributed by atoms with van der Waals surface area (Å²) >= 11 is 9.26. The topological polar surface area (TPSA) is 47.4 Å². The number of aromatic nitrogens is 2. The van der Waals surface area contributed by atoms with Crippen LogP contribution < -0.4 is 4.74 Å². The van der Waals surface area contributed by atoms with Gasteiger partial charge in [0.25, 0.3) is 5.91 Å². The summed E-state index contributed by atoms with van der Waals surface area (Å²) in [6.07, 6.45) is 1.74. The van der Waals surface area contributed by atoms with E-state index in [1.807, 2.05) is 11.6 Å². The first kappa shape index (κ1) is 16.8. The molecule has 0 unspecified atom stereocenters. The van der Waals surface area contributed by atoms with Crippen molar-refractivity contribution in [3.05, 3.63) is 45.7 Å². The van der Waals surface area contributed by atoms with Crippen molar-refractivity contribution in [2.24, 2.45) is 0 Å². The maximum absolute atomic E-state index is 12.2. The minimum absolute atomic E-state index is 0.0178. The highest BCUT2D eigenvalue weighted by Crippen LogP contribution is 2.18. The first-order chi connectivity index (χ1) is 10.5. The maximum atomic E-state index is 12.2. The van der Waals surface area contributed by atoms with Crippen LogP contribution in [0, 0.1) is 0 Å². The fourth-order valence-electron chi connectivity index (χ4n) is 1.92. The van der Waals surface area contributed by atoms with Gasteiger partial charge in [-0.3, -0.25) is 9.48 Å². The number of carbonyl (C=O) groups is 1. The van der Waals surface area contributed by atoms with Gasteiger partial charge in [0.15, 0.2) is 6.61 Å². The van der Waals surface area contributed by atoms with Crippen molar-refractivity contribution in [2.45, 2.75) is 20.0 Å². The summed E-state index contributed by atoms with van der Waals surface area (Å²) in [6, 6.07) is 6.92. The summed E-state index contributed by atoms with van der Waals surface area (Å²) in [5.41, 5.74) is 0.963. The quantitative estimate of drug-likeness (QED) is 0.765. The Balaban J connectivity index is 1.92. The van der Waals surface area contributed by atoms with Crippen LogP contribution in [0.4, 0.5) is 0 Å². The van der Waals surface area contributed by atoms with Crippen LogP contribution in [-0.4, -0.2) is 34.2 Å². The number of halogens is 2. The average Bonchev–Trinajstić information content (AvgIpc) is 2.86. The first-order valence-corrected chi connectivity index (χ1v) is 8.01. The van der Waals surface area contributed by atoms with Gasteiger partial charge in [-0.05, 0) is 47.1 Å². The molecule has 0 saturated carbocycles. The van der Waals surface area contributed by atoms with Crippen LogP contribution in [0.2, 0.25) is 5.02 Å². The molecule has 0 aliphatic heterocycles. The lowest BCUT2D eigenvalue weighted by molar-refractivity contribution is -0.132. The Morgan fingerprint density at radius 2 is 2.09 bits per heavy atom. The number of aryl methyl sites for hydroxylation is 1. The smallest absolute Gasteiger partial charge is 0.260 e. The molecule has 0 aliphatic carbocycles. The SMILES string of the molecule is CCn1ncc(Br)c1CN(C)C(=O)COc1ccc(Cl)cc1. The predicted octanol–water partition coefficient (Wildman–Crippen LogP) is 3.36. The Kier molecular flexibility index (Phi) is 5.85. The highest BCUT2D eigenvalue weighted by molar-refractivity contribution is 9.10. The van der Waals surface area contributed by atoms with Gasteiger partial charge in [0, 0.05) is 18.6 Å². The number of hydrogen-bond donors (Lipinski definition) is 0. The molecule has 0 radical (unpaired) electrons. The third-order valence-corrected chi connectivity index (χ3v) is 4.10. The van der Waals surface area contributed by atoms with E-state index in [1.165, 1.54) is 0 Å². The van der Waals surface area contributed by atoms with Crippen LogP contribution >= 0.6 is 27.5 Å². The number of amides is 1. The van der Waals surface area contributed by atoms with E-state index in [9.17, 15) is 4.79 Å². The Hall–Kier alpha value is -1.53. The molecular formula is C15H17BrClN3O2. The Bertz CT molecular complexity index is 643. The fraction of sp³-hybridized carbons (Fsp3) is 0.333. The summed E-state index contributed by atoms with van der Waals surface area (Å²) in [6.45, 7) is 3.21. The molecule has 0 aliphatic rings. The van der Waals surface area contributed by atoms with Gasteiger partial charge in [0.1, 0.15) is 5.75 Å². The second-order valence-corrected chi connectivity index (χ2v) is 6.04. The highest BCUT2D eigenvalue weighted by atomic mass is 79.9. The maximum Gasteiger partial charge on any atom is 0.260 e. The van der Waals surface area contributed by atoms with Crippen molar-refractivity contribution in [1.82, 2.24) is 14.7 Å². The van der Waals surface area contributed by atoms with Crippen molar-refractivity contribution >= 4 is 33.4 Å². The van der Waals surface area contributed by atoms with E-state index >= 15 is 0 Å². The van der Waals surface area contributed by atoms with Gasteiger partial charge in [0.05, 0.1) is 22.9 Å². The zero-order valence-electron chi connectivity index (χ0n) is 12.4. The Morgan fingerprint density at radius 1 is 1.41 bits per heavy atom. The molecule has 1 aromatic heterocycles. The molecule has 7 heteroatoms. The lowest BCUT2D eigenvalue weighted by Gasteiger charge is -2.18. The first-order valence-electron chi connectivity index (χ1n) is 6.83. The van der Waals surface area contributed by atoms with Gasteiger partial charge in [-0.2, -0.15) is 5.10 Å². The molecule has 0 fully saturated rings. The van der Waals surface area contributed by atoms with Crippen molar-refractivity contribution in [2.75, 3.05) is 13.7 Å². The summed E-state index contributed by atoms with van der Waals surface area (Å²) in [5.74, 6) is 0.511. The lowest BCUT2D eigenvalue weighted by Crippen LogP contribution is -2.31. The number of benzene rings is 1. The molecule has 1 heterocycles. The van der Waals surface area contributed by atoms with E-state index in [1.54, 1.807) is 42.4 Å². The third kappa shape index (κ3) is 4.24. The summed E-state index contributed by atoms with van der Waals surface area (Å²) < 4.78 is 8.22. The molecule has 1 amide bonds. The lowest BCUT2D eigenvalue weighted by atomic mass is 10.3. The number of carbonyl (C=O) groups excluding carboxylic acids is 1. The predicted molar refractivity (Wildman–Crippen MR) is 89.0 cm³/mol. The van der Waals surface area contributed by atoms with E-state index in [-0.39, 0.29) is 12.5 Å². The van der Waals surface area contributed by atoms with Crippen molar-refractivity contribution < 1.29 is 9.53 Å². The average molecular weight is 387 g/mol. The van der Waals surface area contributed by atoms with Crippen LogP contribution in [-0.2, 0) is 17.9 Å². The molecule has 1 aromatic carbocycles. The second kappa shape index (κ2) is 7.65. The molecule has 0 saturated heterocycles. The molecule has 0 N–H and O–H groups in total. The summed E-state index contributed by atoms with van der Waals surface area (Å²) in [4.78, 5) is 13.8. The Morgan fingerprint density at radius 3 is 2.73 bits per heavy atom. The van der Waals surface area contributed by atoms with E-state index in [4.69, 9.17) is 16.3 Å². The molecular weight excluding hydrogens is 370 g/mol. The van der Waals surface area contributed by atoms with Gasteiger partial charge in [0.2, 0.25) is 0 Å². The molecule has 0 spiro atoms. The number of likely N-dealkylation sites (N-methyl/N-ethyl adjacent to an activating group) is 1. The largest absolute Gasteiger partial charge is 0.484 e. The standard InChI is InChI=1S/C15H17BrClN3O2/c1-3-20-14(13(16)8-18-20)9-19(2)15(21)10-22-12-6-4-11(17)5-7-12/h4-8H,3,9-10H2,1-2H3. The van der Waals surface area contributed by atoms with E-state index in [0.29, 0.717) is 17.3 Å². The van der Waals surface area contributed by atoms with Crippen molar-refractivity contribution in [3.63, 3.8) is 0 Å². The van der Waals surface area contributed by atoms with Gasteiger partial charge < -0.3 is 9.64 Å². The minimum atomic E-state index is -0.106. The van der Waals surface area contributed by atoms with Crippen molar-refractivity contribution in [3.8, 4) is 5.75 Å². The van der Waals surface area contributed by atoms with Crippen LogP contribution in [0.15, 0.2) is 34.9 Å². The van der Waals surface area contributed by atoms with Crippen LogP contribution in [0.5, 0.6) is 5.75 Å². The molecule has 0 atom stereocenters. The summed E-state index contributed by atoms with van der Waals surface area (Å²) in [5, 5.41) is 4.87. The highest BCUT2D eigenvalue weighted by Gasteiger charge is 2.15. The number of ether oxygens (including phenoxy) is 1. The third-order valence-electron chi connectivity index (χ3n) is 3.19. The molecule has 2 rings (SSSR count). The zero-order valence-corrected chi connectivity index (χ0v) is 14.8. The summed E-state index contributed by atoms with van der Waals surface area (Å²) in [7, 11) is 1.74. The normalized spacial score (nSPS) is 10.5. The van der Waals surface area contributed by atoms with Crippen LogP contribution in [0.1, 0.15) is 12.6 Å². The number of nitrogens with zero attached hydrogens (tertiary/aromatic N) is 3. The number of rotatable bonds is 6. The van der Waals surface area contributed by atoms with Crippen LogP contribution in [0.3, 0.4) is 0 Å². The molecule has 0 bridgehead atoms.